The number of allylic oxidation sites excluding steroid dienone is 1. The van der Waals surface area contributed by atoms with Crippen LogP contribution in [0.2, 0.25) is 0 Å². The maximum absolute atomic E-state index is 12.3. The predicted molar refractivity (Wildman–Crippen MR) is 199 cm³/mol. The SMILES string of the molecule is C=C(CCCC1CCCN1)N[C@@H](C)Cc1ccc(-c2ccccc2)cc1.CN(C=O)C(Cc1cccs1)C(=O)NCCc1ccncc1. The van der Waals surface area contributed by atoms with E-state index in [2.05, 4.69) is 89.0 Å². The molecule has 3 heterocycles. The van der Waals surface area contributed by atoms with Gasteiger partial charge in [-0.2, -0.15) is 0 Å². The Bertz CT molecular complexity index is 1490. The minimum absolute atomic E-state index is 0.128. The van der Waals surface area contributed by atoms with Crippen molar-refractivity contribution in [3.63, 3.8) is 0 Å². The van der Waals surface area contributed by atoms with Crippen molar-refractivity contribution < 1.29 is 9.59 Å². The fourth-order valence-corrected chi connectivity index (χ4v) is 6.71. The van der Waals surface area contributed by atoms with Crippen molar-refractivity contribution >= 4 is 23.7 Å². The Morgan fingerprint density at radius 3 is 2.44 bits per heavy atom. The number of carbonyl (C=O) groups is 2. The van der Waals surface area contributed by atoms with Crippen LogP contribution in [0.3, 0.4) is 0 Å². The van der Waals surface area contributed by atoms with Gasteiger partial charge in [0, 0.05) is 55.1 Å². The maximum Gasteiger partial charge on any atom is 0.243 e. The van der Waals surface area contributed by atoms with E-state index in [0.29, 0.717) is 25.4 Å². The van der Waals surface area contributed by atoms with E-state index in [0.717, 1.165) is 35.7 Å². The van der Waals surface area contributed by atoms with Crippen LogP contribution in [0.1, 0.15) is 55.0 Å². The highest BCUT2D eigenvalue weighted by Crippen LogP contribution is 2.20. The molecular weight excluding hydrogens is 615 g/mol. The first-order valence-electron chi connectivity index (χ1n) is 17.1. The summed E-state index contributed by atoms with van der Waals surface area (Å²) in [6, 6.07) is 27.9. The molecule has 1 saturated heterocycles. The van der Waals surface area contributed by atoms with E-state index >= 15 is 0 Å². The molecule has 8 heteroatoms. The molecule has 5 rings (SSSR count). The third-order valence-electron chi connectivity index (χ3n) is 8.64. The van der Waals surface area contributed by atoms with Gasteiger partial charge in [-0.25, -0.2) is 0 Å². The summed E-state index contributed by atoms with van der Waals surface area (Å²) in [5.41, 5.74) is 6.22. The van der Waals surface area contributed by atoms with Crippen LogP contribution in [0, 0.1) is 0 Å². The van der Waals surface area contributed by atoms with Crippen LogP contribution in [0.5, 0.6) is 0 Å². The number of nitrogens with one attached hydrogen (secondary N) is 3. The molecule has 2 aromatic heterocycles. The van der Waals surface area contributed by atoms with E-state index in [4.69, 9.17) is 0 Å². The summed E-state index contributed by atoms with van der Waals surface area (Å²) in [6.07, 6.45) is 12.7. The summed E-state index contributed by atoms with van der Waals surface area (Å²) in [4.78, 5) is 29.8. The molecule has 0 spiro atoms. The number of hydrogen-bond donors (Lipinski definition) is 3. The Balaban J connectivity index is 0.000000220. The third-order valence-corrected chi connectivity index (χ3v) is 9.54. The first-order chi connectivity index (χ1) is 23.4. The molecule has 3 atom stereocenters. The maximum atomic E-state index is 12.3. The van der Waals surface area contributed by atoms with E-state index < -0.39 is 6.04 Å². The predicted octanol–water partition coefficient (Wildman–Crippen LogP) is 6.81. The molecule has 2 aromatic carbocycles. The van der Waals surface area contributed by atoms with Crippen molar-refractivity contribution in [2.75, 3.05) is 20.1 Å². The lowest BCUT2D eigenvalue weighted by molar-refractivity contribution is -0.131. The van der Waals surface area contributed by atoms with Crippen LogP contribution in [0.25, 0.3) is 11.1 Å². The average Bonchev–Trinajstić information content (AvgIpc) is 3.83. The second-order valence-corrected chi connectivity index (χ2v) is 13.6. The highest BCUT2D eigenvalue weighted by Gasteiger charge is 2.23. The molecule has 7 nitrogen and oxygen atoms in total. The number of hydrogen-bond acceptors (Lipinski definition) is 6. The summed E-state index contributed by atoms with van der Waals surface area (Å²) in [5.74, 6) is -0.128. The van der Waals surface area contributed by atoms with Gasteiger partial charge in [-0.05, 0) is 104 Å². The molecule has 2 amide bonds. The first-order valence-corrected chi connectivity index (χ1v) is 18.0. The summed E-state index contributed by atoms with van der Waals surface area (Å²) < 4.78 is 0. The smallest absolute Gasteiger partial charge is 0.243 e. The van der Waals surface area contributed by atoms with Crippen molar-refractivity contribution in [2.24, 2.45) is 0 Å². The summed E-state index contributed by atoms with van der Waals surface area (Å²) >= 11 is 1.59. The van der Waals surface area contributed by atoms with Gasteiger partial charge in [-0.1, -0.05) is 67.2 Å². The zero-order chi connectivity index (χ0) is 34.0. The van der Waals surface area contributed by atoms with Gasteiger partial charge in [0.2, 0.25) is 12.3 Å². The normalized spacial score (nSPS) is 15.0. The summed E-state index contributed by atoms with van der Waals surface area (Å²) in [6.45, 7) is 8.20. The molecule has 0 aliphatic carbocycles. The molecule has 0 saturated carbocycles. The number of likely N-dealkylation sites (N-methyl/N-ethyl adjacent to an activating group) is 1. The monoisotopic (exact) mass is 665 g/mol. The molecule has 1 fully saturated rings. The minimum Gasteiger partial charge on any atom is -0.386 e. The summed E-state index contributed by atoms with van der Waals surface area (Å²) in [5, 5.41) is 12.0. The third kappa shape index (κ3) is 12.7. The van der Waals surface area contributed by atoms with Crippen LogP contribution in [0.4, 0.5) is 0 Å². The minimum atomic E-state index is -0.478. The van der Waals surface area contributed by atoms with Crippen LogP contribution in [-0.2, 0) is 28.9 Å². The standard InChI is InChI=1S/C24H32N2.C16H19N3O2S/c1-19(8-6-11-24-12-7-17-25-24)26-20(2)18-21-13-15-23(16-14-21)22-9-4-3-5-10-22;1-19(12-20)15(11-14-3-2-10-22-14)16(21)18-9-6-13-4-7-17-8-5-13/h3-5,9-10,13-16,20,24-26H,1,6-8,11-12,17-18H2,2H3;2-5,7-8,10,12,15H,6,9,11H2,1H3,(H,18,21)/t20-,24?;/m0./s1. The quantitative estimate of drug-likeness (QED) is 0.108. The van der Waals surface area contributed by atoms with E-state index in [1.807, 2.05) is 29.6 Å². The second kappa shape index (κ2) is 20.2. The van der Waals surface area contributed by atoms with Crippen LogP contribution in [-0.4, -0.2) is 60.5 Å². The lowest BCUT2D eigenvalue weighted by Crippen LogP contribution is -2.46. The van der Waals surface area contributed by atoms with Crippen molar-refractivity contribution in [2.45, 2.75) is 76.4 Å². The number of carbonyl (C=O) groups excluding carboxylic acids is 2. The molecule has 3 N–H and O–H groups in total. The van der Waals surface area contributed by atoms with E-state index in [1.165, 1.54) is 59.5 Å². The van der Waals surface area contributed by atoms with Gasteiger partial charge in [0.15, 0.2) is 0 Å². The lowest BCUT2D eigenvalue weighted by atomic mass is 10.0. The van der Waals surface area contributed by atoms with E-state index in [-0.39, 0.29) is 5.91 Å². The molecule has 2 unspecified atom stereocenters. The first kappa shape index (κ1) is 36.6. The topological polar surface area (TPSA) is 86.4 Å². The Labute approximate surface area is 290 Å². The van der Waals surface area contributed by atoms with Crippen LogP contribution >= 0.6 is 11.3 Å². The van der Waals surface area contributed by atoms with Gasteiger partial charge in [-0.15, -0.1) is 11.3 Å². The zero-order valence-electron chi connectivity index (χ0n) is 28.4. The Hall–Kier alpha value is -4.27. The number of aromatic nitrogens is 1. The van der Waals surface area contributed by atoms with E-state index in [1.54, 1.807) is 30.8 Å². The Kier molecular flexibility index (Phi) is 15.4. The molecule has 254 valence electrons. The zero-order valence-corrected chi connectivity index (χ0v) is 29.3. The number of nitrogens with zero attached hydrogens (tertiary/aromatic N) is 2. The number of rotatable bonds is 17. The number of amides is 2. The molecule has 0 bridgehead atoms. The average molecular weight is 666 g/mol. The highest BCUT2D eigenvalue weighted by molar-refractivity contribution is 7.09. The van der Waals surface area contributed by atoms with Crippen molar-refractivity contribution in [1.82, 2.24) is 25.8 Å². The van der Waals surface area contributed by atoms with Gasteiger partial charge in [-0.3, -0.25) is 14.6 Å². The van der Waals surface area contributed by atoms with Crippen molar-refractivity contribution in [3.05, 3.63) is 125 Å². The van der Waals surface area contributed by atoms with Crippen molar-refractivity contribution in [1.29, 1.82) is 0 Å². The number of benzene rings is 2. The molecule has 1 aliphatic rings. The Morgan fingerprint density at radius 1 is 1.02 bits per heavy atom. The van der Waals surface area contributed by atoms with Gasteiger partial charge >= 0.3 is 0 Å². The molecular formula is C40H51N5O2S. The second-order valence-electron chi connectivity index (χ2n) is 12.6. The van der Waals surface area contributed by atoms with Gasteiger partial charge in [0.05, 0.1) is 0 Å². The Morgan fingerprint density at radius 2 is 1.77 bits per heavy atom. The highest BCUT2D eigenvalue weighted by atomic mass is 32.1. The molecule has 48 heavy (non-hydrogen) atoms. The summed E-state index contributed by atoms with van der Waals surface area (Å²) in [7, 11) is 1.63. The van der Waals surface area contributed by atoms with Crippen molar-refractivity contribution in [3.8, 4) is 11.1 Å². The molecule has 1 aliphatic heterocycles. The molecule has 0 radical (unpaired) electrons. The largest absolute Gasteiger partial charge is 0.386 e. The fraction of sp³-hybridized carbons (Fsp3) is 0.375. The van der Waals surface area contributed by atoms with E-state index in [9.17, 15) is 9.59 Å². The van der Waals surface area contributed by atoms with Gasteiger partial charge in [0.25, 0.3) is 0 Å². The fourth-order valence-electron chi connectivity index (χ4n) is 5.97. The van der Waals surface area contributed by atoms with Crippen LogP contribution in [0.15, 0.2) is 109 Å². The number of pyridine rings is 1. The lowest BCUT2D eigenvalue weighted by Gasteiger charge is -2.23. The number of thiophene rings is 1. The van der Waals surface area contributed by atoms with Gasteiger partial charge < -0.3 is 20.9 Å². The van der Waals surface area contributed by atoms with Gasteiger partial charge in [0.1, 0.15) is 6.04 Å². The molecule has 4 aromatic rings. The van der Waals surface area contributed by atoms with Crippen LogP contribution < -0.4 is 16.0 Å².